The third kappa shape index (κ3) is 5.82. The summed E-state index contributed by atoms with van der Waals surface area (Å²) in [7, 11) is 0. The van der Waals surface area contributed by atoms with E-state index in [9.17, 15) is 0 Å². The fraction of sp³-hybridized carbons (Fsp3) is 0. The Morgan fingerprint density at radius 2 is 0.862 bits per heavy atom. The third-order valence-electron chi connectivity index (χ3n) is 11.5. The van der Waals surface area contributed by atoms with Gasteiger partial charge in [-0.2, -0.15) is 0 Å². The Morgan fingerprint density at radius 3 is 1.57 bits per heavy atom. The van der Waals surface area contributed by atoms with E-state index in [1.165, 1.54) is 76.7 Å². The number of hydrogen-bond acceptors (Lipinski definition) is 1. The van der Waals surface area contributed by atoms with Crippen LogP contribution in [0.4, 0.5) is 17.1 Å². The zero-order valence-electron chi connectivity index (χ0n) is 31.8. The first-order valence-corrected chi connectivity index (χ1v) is 19.9. The van der Waals surface area contributed by atoms with Gasteiger partial charge >= 0.3 is 0 Å². The lowest BCUT2D eigenvalue weighted by Crippen LogP contribution is -2.10. The highest BCUT2D eigenvalue weighted by Gasteiger charge is 2.20. The summed E-state index contributed by atoms with van der Waals surface area (Å²) < 4.78 is 2.43. The first kappa shape index (κ1) is 33.6. The van der Waals surface area contributed by atoms with Gasteiger partial charge in [0.1, 0.15) is 0 Å². The molecule has 10 aromatic carbocycles. The van der Waals surface area contributed by atoms with Crippen LogP contribution in [0.1, 0.15) is 0 Å². The number of rotatable bonds is 7. The fourth-order valence-corrected chi connectivity index (χ4v) is 8.82. The molecular formula is C56H38N2. The quantitative estimate of drug-likeness (QED) is 0.158. The van der Waals surface area contributed by atoms with Crippen molar-refractivity contribution < 1.29 is 0 Å². The molecule has 0 aliphatic carbocycles. The van der Waals surface area contributed by atoms with Crippen molar-refractivity contribution in [3.8, 4) is 39.1 Å². The molecule has 11 rings (SSSR count). The number of fused-ring (bicyclic) bond motifs is 6. The molecule has 58 heavy (non-hydrogen) atoms. The van der Waals surface area contributed by atoms with Gasteiger partial charge in [0.25, 0.3) is 0 Å². The molecule has 0 amide bonds. The zero-order chi connectivity index (χ0) is 38.4. The number of benzene rings is 10. The van der Waals surface area contributed by atoms with Gasteiger partial charge in [0.2, 0.25) is 0 Å². The summed E-state index contributed by atoms with van der Waals surface area (Å²) in [6.07, 6.45) is 0. The number of para-hydroxylation sites is 1. The van der Waals surface area contributed by atoms with Crippen LogP contribution >= 0.6 is 0 Å². The number of aromatic nitrogens is 1. The maximum absolute atomic E-state index is 2.43. The van der Waals surface area contributed by atoms with Crippen LogP contribution in [0.3, 0.4) is 0 Å². The Labute approximate surface area is 338 Å². The molecule has 0 radical (unpaired) electrons. The van der Waals surface area contributed by atoms with E-state index in [4.69, 9.17) is 0 Å². The first-order valence-electron chi connectivity index (χ1n) is 19.9. The minimum absolute atomic E-state index is 1.08. The molecule has 11 aromatic rings. The van der Waals surface area contributed by atoms with E-state index in [0.717, 1.165) is 22.7 Å². The van der Waals surface area contributed by atoms with E-state index in [1.807, 2.05) is 0 Å². The lowest BCUT2D eigenvalue weighted by molar-refractivity contribution is 1.17. The van der Waals surface area contributed by atoms with Crippen LogP contribution in [0.5, 0.6) is 0 Å². The van der Waals surface area contributed by atoms with Crippen molar-refractivity contribution in [3.05, 3.63) is 231 Å². The van der Waals surface area contributed by atoms with Crippen LogP contribution in [-0.4, -0.2) is 4.57 Å². The average molecular weight is 739 g/mol. The molecule has 0 unspecified atom stereocenters. The van der Waals surface area contributed by atoms with Gasteiger partial charge in [-0.25, -0.2) is 0 Å². The molecule has 0 aliphatic rings. The summed E-state index contributed by atoms with van der Waals surface area (Å²) in [5, 5.41) is 7.48. The highest BCUT2D eigenvalue weighted by molar-refractivity contribution is 6.24. The fourth-order valence-electron chi connectivity index (χ4n) is 8.82. The second-order valence-electron chi connectivity index (χ2n) is 15.0. The standard InChI is InChI=1S/C56H38N2/c1-4-15-39(16-5-1)45-35-46(40-17-6-2-7-18-40)38-50(37-45)57(49-29-27-41-19-10-11-22-44(41)36-49)47-30-32-48(33-31-47)58-53-26-13-12-24-52(53)56-54(58)34-28-43-23-14-25-51(55(43)56)42-20-8-3-9-21-42/h1-38H. The normalized spacial score (nSPS) is 11.4. The maximum Gasteiger partial charge on any atom is 0.0547 e. The van der Waals surface area contributed by atoms with E-state index in [1.54, 1.807) is 0 Å². The number of nitrogens with zero attached hydrogens (tertiary/aromatic N) is 2. The van der Waals surface area contributed by atoms with Gasteiger partial charge in [-0.15, -0.1) is 0 Å². The predicted octanol–water partition coefficient (Wildman–Crippen LogP) is 15.6. The molecule has 0 spiro atoms. The van der Waals surface area contributed by atoms with Crippen LogP contribution in [0, 0.1) is 0 Å². The Hall–Kier alpha value is -7.68. The van der Waals surface area contributed by atoms with Crippen LogP contribution in [0.2, 0.25) is 0 Å². The van der Waals surface area contributed by atoms with Gasteiger partial charge in [-0.3, -0.25) is 0 Å². The van der Waals surface area contributed by atoms with Gasteiger partial charge in [-0.1, -0.05) is 164 Å². The van der Waals surface area contributed by atoms with Gasteiger partial charge in [0, 0.05) is 33.5 Å². The molecule has 0 saturated heterocycles. The van der Waals surface area contributed by atoms with Crippen molar-refractivity contribution in [2.24, 2.45) is 0 Å². The van der Waals surface area contributed by atoms with E-state index in [2.05, 4.69) is 240 Å². The largest absolute Gasteiger partial charge is 0.310 e. The van der Waals surface area contributed by atoms with E-state index in [-0.39, 0.29) is 0 Å². The maximum atomic E-state index is 2.43. The Bertz CT molecular complexity index is 3200. The average Bonchev–Trinajstić information content (AvgIpc) is 3.64. The molecule has 1 heterocycles. The van der Waals surface area contributed by atoms with Crippen LogP contribution in [-0.2, 0) is 0 Å². The van der Waals surface area contributed by atoms with Crippen molar-refractivity contribution in [2.75, 3.05) is 4.90 Å². The third-order valence-corrected chi connectivity index (χ3v) is 11.5. The molecule has 0 N–H and O–H groups in total. The summed E-state index contributed by atoms with van der Waals surface area (Å²) in [5.74, 6) is 0. The second kappa shape index (κ2) is 14.1. The van der Waals surface area contributed by atoms with Gasteiger partial charge in [0.05, 0.1) is 11.0 Å². The highest BCUT2D eigenvalue weighted by atomic mass is 15.1. The number of hydrogen-bond donors (Lipinski definition) is 0. The SMILES string of the molecule is c1ccc(-c2cc(-c3ccccc3)cc(N(c3ccc(-n4c5ccccc5c5c6c(-c7ccccc7)cccc6ccc54)cc3)c3ccc4ccccc4c3)c2)cc1. The highest BCUT2D eigenvalue weighted by Crippen LogP contribution is 2.43. The zero-order valence-corrected chi connectivity index (χ0v) is 31.8. The van der Waals surface area contributed by atoms with Crippen LogP contribution in [0.15, 0.2) is 231 Å². The number of anilines is 3. The summed E-state index contributed by atoms with van der Waals surface area (Å²) in [6, 6.07) is 83.7. The lowest BCUT2D eigenvalue weighted by atomic mass is 9.94. The lowest BCUT2D eigenvalue weighted by Gasteiger charge is -2.27. The molecule has 2 nitrogen and oxygen atoms in total. The topological polar surface area (TPSA) is 8.17 Å². The summed E-state index contributed by atoms with van der Waals surface area (Å²) in [6.45, 7) is 0. The molecule has 2 heteroatoms. The summed E-state index contributed by atoms with van der Waals surface area (Å²) in [4.78, 5) is 2.40. The van der Waals surface area contributed by atoms with Gasteiger partial charge in [0.15, 0.2) is 0 Å². The minimum Gasteiger partial charge on any atom is -0.310 e. The van der Waals surface area contributed by atoms with Crippen molar-refractivity contribution in [1.82, 2.24) is 4.57 Å². The monoisotopic (exact) mass is 738 g/mol. The van der Waals surface area contributed by atoms with Crippen molar-refractivity contribution in [2.45, 2.75) is 0 Å². The molecule has 1 aromatic heterocycles. The molecule has 0 bridgehead atoms. The van der Waals surface area contributed by atoms with Gasteiger partial charge in [-0.05, 0) is 122 Å². The van der Waals surface area contributed by atoms with E-state index in [0.29, 0.717) is 0 Å². The van der Waals surface area contributed by atoms with Crippen LogP contribution < -0.4 is 4.90 Å². The van der Waals surface area contributed by atoms with Crippen molar-refractivity contribution >= 4 is 60.4 Å². The molecule has 272 valence electrons. The van der Waals surface area contributed by atoms with E-state index >= 15 is 0 Å². The summed E-state index contributed by atoms with van der Waals surface area (Å²) >= 11 is 0. The Balaban J connectivity index is 1.11. The van der Waals surface area contributed by atoms with Crippen LogP contribution in [0.25, 0.3) is 82.4 Å². The molecule has 0 fully saturated rings. The minimum atomic E-state index is 1.08. The first-order chi connectivity index (χ1) is 28.8. The molecular weight excluding hydrogens is 701 g/mol. The second-order valence-corrected chi connectivity index (χ2v) is 15.0. The van der Waals surface area contributed by atoms with Crippen molar-refractivity contribution in [1.29, 1.82) is 0 Å². The molecule has 0 saturated carbocycles. The van der Waals surface area contributed by atoms with Gasteiger partial charge < -0.3 is 9.47 Å². The van der Waals surface area contributed by atoms with E-state index < -0.39 is 0 Å². The molecule has 0 atom stereocenters. The van der Waals surface area contributed by atoms with Crippen molar-refractivity contribution in [3.63, 3.8) is 0 Å². The smallest absolute Gasteiger partial charge is 0.0547 e. The Morgan fingerprint density at radius 1 is 0.293 bits per heavy atom. The Kier molecular flexibility index (Phi) is 8.19. The summed E-state index contributed by atoms with van der Waals surface area (Å²) in [5.41, 5.74) is 14.0. The predicted molar refractivity (Wildman–Crippen MR) is 247 cm³/mol. The molecule has 0 aliphatic heterocycles.